The monoisotopic (exact) mass is 263 g/mol. The molecule has 2 saturated carbocycles. The van der Waals surface area contributed by atoms with Gasteiger partial charge in [0, 0.05) is 0 Å². The van der Waals surface area contributed by atoms with Crippen LogP contribution in [0.1, 0.15) is 72.6 Å². The summed E-state index contributed by atoms with van der Waals surface area (Å²) in [5.74, 6) is 0.853. The molecule has 0 amide bonds. The molecule has 0 aromatic heterocycles. The van der Waals surface area contributed by atoms with Crippen LogP contribution in [0.3, 0.4) is 0 Å². The average Bonchev–Trinajstić information content (AvgIpc) is 2.59. The van der Waals surface area contributed by atoms with E-state index in [9.17, 15) is 10.4 Å². The zero-order valence-corrected chi connectivity index (χ0v) is 13.0. The Balaban J connectivity index is 2.33. The molecule has 108 valence electrons. The van der Waals surface area contributed by atoms with Gasteiger partial charge in [-0.2, -0.15) is 5.26 Å². The zero-order chi connectivity index (χ0) is 14.3. The molecule has 0 heterocycles. The van der Waals surface area contributed by atoms with Crippen LogP contribution in [0.5, 0.6) is 0 Å². The van der Waals surface area contributed by atoms with E-state index in [1.807, 2.05) is 0 Å². The first-order valence-corrected chi connectivity index (χ1v) is 7.92. The van der Waals surface area contributed by atoms with Gasteiger partial charge in [-0.25, -0.2) is 0 Å². The third-order valence-electron chi connectivity index (χ3n) is 5.90. The molecule has 2 fully saturated rings. The largest absolute Gasteiger partial charge is 0.388 e. The van der Waals surface area contributed by atoms with Crippen LogP contribution < -0.4 is 0 Å². The second-order valence-corrected chi connectivity index (χ2v) is 7.93. The van der Waals surface area contributed by atoms with Crippen molar-refractivity contribution in [2.24, 2.45) is 22.7 Å². The Kier molecular flexibility index (Phi) is 3.73. The summed E-state index contributed by atoms with van der Waals surface area (Å²) in [6.07, 6.45) is 7.06. The van der Waals surface area contributed by atoms with E-state index in [-0.39, 0.29) is 11.3 Å². The lowest BCUT2D eigenvalue weighted by Crippen LogP contribution is -2.52. The van der Waals surface area contributed by atoms with Crippen molar-refractivity contribution in [3.63, 3.8) is 0 Å². The molecule has 2 rings (SSSR count). The Bertz CT molecular complexity index is 383. The predicted octanol–water partition coefficient (Wildman–Crippen LogP) is 4.28. The topological polar surface area (TPSA) is 44.0 Å². The third-order valence-corrected chi connectivity index (χ3v) is 5.90. The van der Waals surface area contributed by atoms with Gasteiger partial charge in [-0.15, -0.1) is 0 Å². The lowest BCUT2D eigenvalue weighted by molar-refractivity contribution is -0.108. The van der Waals surface area contributed by atoms with E-state index in [2.05, 4.69) is 33.8 Å². The lowest BCUT2D eigenvalue weighted by Gasteiger charge is -2.48. The van der Waals surface area contributed by atoms with Crippen LogP contribution in [0.15, 0.2) is 0 Å². The van der Waals surface area contributed by atoms with Crippen LogP contribution in [-0.4, -0.2) is 10.7 Å². The summed E-state index contributed by atoms with van der Waals surface area (Å²) < 4.78 is 0. The van der Waals surface area contributed by atoms with Crippen molar-refractivity contribution in [1.82, 2.24) is 0 Å². The van der Waals surface area contributed by atoms with E-state index >= 15 is 0 Å². The van der Waals surface area contributed by atoms with E-state index in [0.717, 1.165) is 38.5 Å². The Morgan fingerprint density at radius 1 is 1.32 bits per heavy atom. The zero-order valence-electron chi connectivity index (χ0n) is 13.0. The summed E-state index contributed by atoms with van der Waals surface area (Å²) in [5.41, 5.74) is -1.12. The molecule has 2 aliphatic carbocycles. The van der Waals surface area contributed by atoms with Gasteiger partial charge in [0.05, 0.1) is 17.1 Å². The molecule has 0 radical (unpaired) electrons. The van der Waals surface area contributed by atoms with E-state index < -0.39 is 11.0 Å². The van der Waals surface area contributed by atoms with Gasteiger partial charge in [0.25, 0.3) is 0 Å². The first-order valence-electron chi connectivity index (χ1n) is 7.92. The van der Waals surface area contributed by atoms with Crippen molar-refractivity contribution < 1.29 is 5.11 Å². The molecule has 2 nitrogen and oxygen atoms in total. The first-order chi connectivity index (χ1) is 8.78. The van der Waals surface area contributed by atoms with Crippen molar-refractivity contribution in [2.45, 2.75) is 78.2 Å². The summed E-state index contributed by atoms with van der Waals surface area (Å²) in [4.78, 5) is 0. The SMILES string of the molecule is CCC1CCCC(C#N)(C2(O)CC(C)(C)CC2C)C1. The molecule has 0 bridgehead atoms. The number of hydrogen-bond acceptors (Lipinski definition) is 2. The van der Waals surface area contributed by atoms with Gasteiger partial charge in [0.15, 0.2) is 0 Å². The van der Waals surface area contributed by atoms with Crippen molar-refractivity contribution in [2.75, 3.05) is 0 Å². The molecule has 0 spiro atoms. The van der Waals surface area contributed by atoms with Gasteiger partial charge < -0.3 is 5.11 Å². The van der Waals surface area contributed by atoms with E-state index in [1.165, 1.54) is 6.42 Å². The summed E-state index contributed by atoms with van der Waals surface area (Å²) in [6.45, 7) is 8.81. The summed E-state index contributed by atoms with van der Waals surface area (Å²) in [6, 6.07) is 2.58. The van der Waals surface area contributed by atoms with Gasteiger partial charge >= 0.3 is 0 Å². The molecule has 1 N–H and O–H groups in total. The molecule has 0 aromatic carbocycles. The summed E-state index contributed by atoms with van der Waals surface area (Å²) in [5, 5.41) is 21.2. The fraction of sp³-hybridized carbons (Fsp3) is 0.941. The van der Waals surface area contributed by atoms with Gasteiger partial charge in [-0.05, 0) is 42.9 Å². The minimum atomic E-state index is -0.779. The first kappa shape index (κ1) is 14.9. The molecular weight excluding hydrogens is 234 g/mol. The molecule has 0 saturated heterocycles. The van der Waals surface area contributed by atoms with Gasteiger partial charge in [0.1, 0.15) is 0 Å². The van der Waals surface area contributed by atoms with Gasteiger partial charge in [0.2, 0.25) is 0 Å². The Morgan fingerprint density at radius 2 is 2.00 bits per heavy atom. The van der Waals surface area contributed by atoms with Crippen LogP contribution >= 0.6 is 0 Å². The quantitative estimate of drug-likeness (QED) is 0.808. The van der Waals surface area contributed by atoms with Crippen LogP contribution in [0.2, 0.25) is 0 Å². The molecule has 19 heavy (non-hydrogen) atoms. The maximum atomic E-state index is 11.4. The highest BCUT2D eigenvalue weighted by atomic mass is 16.3. The minimum Gasteiger partial charge on any atom is -0.388 e. The van der Waals surface area contributed by atoms with Crippen LogP contribution in [0, 0.1) is 34.0 Å². The molecular formula is C17H29NO. The van der Waals surface area contributed by atoms with Crippen LogP contribution in [0.4, 0.5) is 0 Å². The van der Waals surface area contributed by atoms with Crippen molar-refractivity contribution in [1.29, 1.82) is 5.26 Å². The number of nitriles is 1. The fourth-order valence-corrected chi connectivity index (χ4v) is 4.94. The van der Waals surface area contributed by atoms with Gasteiger partial charge in [-0.3, -0.25) is 0 Å². The normalized spacial score (nSPS) is 45.9. The number of hydrogen-bond donors (Lipinski definition) is 1. The standard InChI is InChI=1S/C17H29NO/c1-5-14-7-6-8-16(10-14,12-18)17(19)11-15(3,4)9-13(17)2/h13-14,19H,5-11H2,1-4H3. The van der Waals surface area contributed by atoms with Crippen LogP contribution in [-0.2, 0) is 0 Å². The minimum absolute atomic E-state index is 0.164. The lowest BCUT2D eigenvalue weighted by atomic mass is 9.58. The van der Waals surface area contributed by atoms with E-state index in [4.69, 9.17) is 0 Å². The van der Waals surface area contributed by atoms with Crippen molar-refractivity contribution in [3.8, 4) is 6.07 Å². The average molecular weight is 263 g/mol. The Labute approximate surface area is 118 Å². The molecule has 0 aromatic rings. The maximum absolute atomic E-state index is 11.4. The van der Waals surface area contributed by atoms with Gasteiger partial charge in [-0.1, -0.05) is 47.0 Å². The van der Waals surface area contributed by atoms with Crippen molar-refractivity contribution >= 4 is 0 Å². The molecule has 4 atom stereocenters. The Morgan fingerprint density at radius 3 is 2.47 bits per heavy atom. The smallest absolute Gasteiger partial charge is 0.0865 e. The summed E-state index contributed by atoms with van der Waals surface area (Å²) in [7, 11) is 0. The highest BCUT2D eigenvalue weighted by molar-refractivity contribution is 5.18. The highest BCUT2D eigenvalue weighted by Crippen LogP contribution is 2.59. The third kappa shape index (κ3) is 2.31. The predicted molar refractivity (Wildman–Crippen MR) is 77.4 cm³/mol. The second kappa shape index (κ2) is 4.77. The van der Waals surface area contributed by atoms with E-state index in [0.29, 0.717) is 5.92 Å². The molecule has 2 heteroatoms. The summed E-state index contributed by atoms with van der Waals surface area (Å²) >= 11 is 0. The Hall–Kier alpha value is -0.550. The number of rotatable bonds is 2. The second-order valence-electron chi connectivity index (χ2n) is 7.93. The number of aliphatic hydroxyl groups is 1. The van der Waals surface area contributed by atoms with Crippen molar-refractivity contribution in [3.05, 3.63) is 0 Å². The van der Waals surface area contributed by atoms with E-state index in [1.54, 1.807) is 0 Å². The fourth-order valence-electron chi connectivity index (χ4n) is 4.94. The number of nitrogens with zero attached hydrogens (tertiary/aromatic N) is 1. The molecule has 4 unspecified atom stereocenters. The maximum Gasteiger partial charge on any atom is 0.0865 e. The van der Waals surface area contributed by atoms with Crippen LogP contribution in [0.25, 0.3) is 0 Å². The molecule has 2 aliphatic rings. The molecule has 0 aliphatic heterocycles. The highest BCUT2D eigenvalue weighted by Gasteiger charge is 2.60.